The van der Waals surface area contributed by atoms with Gasteiger partial charge in [0.1, 0.15) is 6.54 Å². The number of hydrogen-bond acceptors (Lipinski definition) is 5. The van der Waals surface area contributed by atoms with E-state index in [4.69, 9.17) is 4.74 Å². The Balaban J connectivity index is 1.51. The first-order valence-corrected chi connectivity index (χ1v) is 11.4. The molecule has 172 valence electrons. The first kappa shape index (κ1) is 23.5. The van der Waals surface area contributed by atoms with E-state index in [1.54, 1.807) is 19.0 Å². The molecule has 0 aliphatic carbocycles. The van der Waals surface area contributed by atoms with E-state index in [0.717, 1.165) is 65.0 Å². The van der Waals surface area contributed by atoms with Gasteiger partial charge in [0, 0.05) is 59.4 Å². The standard InChI is InChI=1S/C23H38N6O2/c1-27(2)22(30)18-26-23(24-10-12-28-13-15-31-16-14-28)25-17-21-9-6-11-29(21)19-20-7-4-3-5-8-20/h3-5,7-8,21H,6,9-19H2,1-2H3,(H2,24,25,26). The van der Waals surface area contributed by atoms with Crippen molar-refractivity contribution in [2.75, 3.05) is 73.1 Å². The van der Waals surface area contributed by atoms with Crippen molar-refractivity contribution in [2.45, 2.75) is 25.4 Å². The van der Waals surface area contributed by atoms with Crippen LogP contribution >= 0.6 is 0 Å². The number of hydrogen-bond donors (Lipinski definition) is 2. The predicted octanol–water partition coefficient (Wildman–Crippen LogP) is 0.607. The summed E-state index contributed by atoms with van der Waals surface area (Å²) in [5, 5.41) is 6.91. The summed E-state index contributed by atoms with van der Waals surface area (Å²) in [5.74, 6) is 0.718. The van der Waals surface area contributed by atoms with Crippen molar-refractivity contribution in [3.05, 3.63) is 35.9 Å². The highest BCUT2D eigenvalue weighted by Crippen LogP contribution is 2.19. The fraction of sp³-hybridized carbons (Fsp3) is 0.652. The summed E-state index contributed by atoms with van der Waals surface area (Å²) in [6.07, 6.45) is 2.40. The highest BCUT2D eigenvalue weighted by atomic mass is 16.5. The number of ether oxygens (including phenoxy) is 1. The van der Waals surface area contributed by atoms with Crippen molar-refractivity contribution in [2.24, 2.45) is 4.99 Å². The van der Waals surface area contributed by atoms with E-state index < -0.39 is 0 Å². The van der Waals surface area contributed by atoms with Crippen molar-refractivity contribution >= 4 is 11.9 Å². The van der Waals surface area contributed by atoms with Crippen LogP contribution in [0.1, 0.15) is 18.4 Å². The Morgan fingerprint density at radius 2 is 1.94 bits per heavy atom. The third kappa shape index (κ3) is 8.12. The van der Waals surface area contributed by atoms with Crippen LogP contribution in [0.25, 0.3) is 0 Å². The van der Waals surface area contributed by atoms with Gasteiger partial charge in [0.15, 0.2) is 5.96 Å². The molecule has 31 heavy (non-hydrogen) atoms. The quantitative estimate of drug-likeness (QED) is 0.442. The third-order valence-electron chi connectivity index (χ3n) is 5.93. The van der Waals surface area contributed by atoms with Gasteiger partial charge in [-0.25, -0.2) is 4.99 Å². The predicted molar refractivity (Wildman–Crippen MR) is 124 cm³/mol. The molecule has 1 aromatic rings. The molecule has 0 aromatic heterocycles. The molecule has 8 heteroatoms. The smallest absolute Gasteiger partial charge is 0.243 e. The zero-order valence-electron chi connectivity index (χ0n) is 19.1. The summed E-state index contributed by atoms with van der Waals surface area (Å²) < 4.78 is 5.42. The van der Waals surface area contributed by atoms with Gasteiger partial charge in [-0.2, -0.15) is 0 Å². The van der Waals surface area contributed by atoms with Gasteiger partial charge >= 0.3 is 0 Å². The van der Waals surface area contributed by atoms with Crippen molar-refractivity contribution in [3.63, 3.8) is 0 Å². The molecule has 1 aromatic carbocycles. The molecule has 2 fully saturated rings. The van der Waals surface area contributed by atoms with Crippen LogP contribution in [0, 0.1) is 0 Å². The molecular formula is C23H38N6O2. The normalized spacial score (nSPS) is 20.6. The fourth-order valence-corrected chi connectivity index (χ4v) is 3.99. The number of aliphatic imine (C=N–C) groups is 1. The van der Waals surface area contributed by atoms with E-state index >= 15 is 0 Å². The lowest BCUT2D eigenvalue weighted by Crippen LogP contribution is -2.47. The van der Waals surface area contributed by atoms with Gasteiger partial charge in [-0.05, 0) is 24.9 Å². The largest absolute Gasteiger partial charge is 0.379 e. The maximum atomic E-state index is 12.0. The number of likely N-dealkylation sites (N-methyl/N-ethyl adjacent to an activating group) is 1. The molecule has 0 spiro atoms. The lowest BCUT2D eigenvalue weighted by molar-refractivity contribution is -0.127. The second-order valence-corrected chi connectivity index (χ2v) is 8.47. The van der Waals surface area contributed by atoms with E-state index in [9.17, 15) is 4.79 Å². The molecule has 2 aliphatic rings. The Kier molecular flexibility index (Phi) is 9.58. The average molecular weight is 431 g/mol. The summed E-state index contributed by atoms with van der Waals surface area (Å²) in [6, 6.07) is 11.1. The number of likely N-dealkylation sites (tertiary alicyclic amines) is 1. The molecule has 0 radical (unpaired) electrons. The van der Waals surface area contributed by atoms with E-state index in [2.05, 4.69) is 55.8 Å². The number of amides is 1. The SMILES string of the molecule is CN(C)C(=O)CN=C(NCCN1CCOCC1)NCC1CCCN1Cc1ccccc1. The molecule has 2 saturated heterocycles. The molecule has 2 aliphatic heterocycles. The fourth-order valence-electron chi connectivity index (χ4n) is 3.99. The topological polar surface area (TPSA) is 72.4 Å². The summed E-state index contributed by atoms with van der Waals surface area (Å²) in [4.78, 5) is 23.1. The van der Waals surface area contributed by atoms with Crippen LogP contribution in [0.15, 0.2) is 35.3 Å². The summed E-state index contributed by atoms with van der Waals surface area (Å²) in [7, 11) is 3.52. The molecule has 3 rings (SSSR count). The summed E-state index contributed by atoms with van der Waals surface area (Å²) in [6.45, 7) is 8.35. The molecule has 0 bridgehead atoms. The van der Waals surface area contributed by atoms with Crippen molar-refractivity contribution < 1.29 is 9.53 Å². The average Bonchev–Trinajstić information content (AvgIpc) is 3.23. The Bertz CT molecular complexity index is 691. The zero-order valence-corrected chi connectivity index (χ0v) is 19.1. The highest BCUT2D eigenvalue weighted by molar-refractivity contribution is 5.84. The van der Waals surface area contributed by atoms with Gasteiger partial charge < -0.3 is 20.3 Å². The Hall–Kier alpha value is -2.16. The van der Waals surface area contributed by atoms with E-state index in [0.29, 0.717) is 6.04 Å². The minimum absolute atomic E-state index is 0.000787. The molecule has 8 nitrogen and oxygen atoms in total. The minimum Gasteiger partial charge on any atom is -0.379 e. The minimum atomic E-state index is 0.000787. The number of nitrogens with zero attached hydrogens (tertiary/aromatic N) is 4. The molecule has 2 N–H and O–H groups in total. The number of morpholine rings is 1. The molecule has 2 heterocycles. The van der Waals surface area contributed by atoms with Gasteiger partial charge in [0.05, 0.1) is 13.2 Å². The van der Waals surface area contributed by atoms with Gasteiger partial charge in [0.25, 0.3) is 0 Å². The van der Waals surface area contributed by atoms with Crippen LogP contribution in [0.2, 0.25) is 0 Å². The number of rotatable bonds is 9. The monoisotopic (exact) mass is 430 g/mol. The maximum absolute atomic E-state index is 12.0. The van der Waals surface area contributed by atoms with Crippen LogP contribution < -0.4 is 10.6 Å². The van der Waals surface area contributed by atoms with Crippen molar-refractivity contribution in [1.29, 1.82) is 0 Å². The number of benzene rings is 1. The van der Waals surface area contributed by atoms with E-state index in [-0.39, 0.29) is 12.5 Å². The second kappa shape index (κ2) is 12.6. The molecule has 0 saturated carbocycles. The number of guanidine groups is 1. The zero-order chi connectivity index (χ0) is 21.9. The first-order valence-electron chi connectivity index (χ1n) is 11.4. The van der Waals surface area contributed by atoms with Crippen LogP contribution in [-0.2, 0) is 16.1 Å². The second-order valence-electron chi connectivity index (χ2n) is 8.47. The Labute approximate surface area is 186 Å². The maximum Gasteiger partial charge on any atom is 0.243 e. The first-order chi connectivity index (χ1) is 15.1. The van der Waals surface area contributed by atoms with Crippen LogP contribution in [-0.4, -0.2) is 106 Å². The molecule has 1 unspecified atom stereocenters. The van der Waals surface area contributed by atoms with Crippen LogP contribution in [0.4, 0.5) is 0 Å². The van der Waals surface area contributed by atoms with Crippen molar-refractivity contribution in [1.82, 2.24) is 25.3 Å². The van der Waals surface area contributed by atoms with Gasteiger partial charge in [-0.15, -0.1) is 0 Å². The third-order valence-corrected chi connectivity index (χ3v) is 5.93. The summed E-state index contributed by atoms with van der Waals surface area (Å²) in [5.41, 5.74) is 1.35. The lowest BCUT2D eigenvalue weighted by Gasteiger charge is -2.27. The molecular weight excluding hydrogens is 392 g/mol. The molecule has 1 atom stereocenters. The highest BCUT2D eigenvalue weighted by Gasteiger charge is 2.24. The molecule has 1 amide bonds. The van der Waals surface area contributed by atoms with E-state index in [1.165, 1.54) is 18.4 Å². The van der Waals surface area contributed by atoms with Gasteiger partial charge in [-0.1, -0.05) is 30.3 Å². The van der Waals surface area contributed by atoms with Crippen LogP contribution in [0.3, 0.4) is 0 Å². The lowest BCUT2D eigenvalue weighted by atomic mass is 10.2. The number of carbonyl (C=O) groups is 1. The Morgan fingerprint density at radius 3 is 2.68 bits per heavy atom. The Morgan fingerprint density at radius 1 is 1.16 bits per heavy atom. The van der Waals surface area contributed by atoms with E-state index in [1.807, 2.05) is 0 Å². The van der Waals surface area contributed by atoms with Crippen molar-refractivity contribution in [3.8, 4) is 0 Å². The van der Waals surface area contributed by atoms with Gasteiger partial charge in [0.2, 0.25) is 5.91 Å². The number of carbonyl (C=O) groups excluding carboxylic acids is 1. The van der Waals surface area contributed by atoms with Gasteiger partial charge in [-0.3, -0.25) is 14.6 Å². The van der Waals surface area contributed by atoms with Crippen LogP contribution in [0.5, 0.6) is 0 Å². The number of nitrogens with one attached hydrogen (secondary N) is 2. The summed E-state index contributed by atoms with van der Waals surface area (Å²) >= 11 is 0.